The Bertz CT molecular complexity index is 815. The van der Waals surface area contributed by atoms with Crippen LogP contribution in [-0.2, 0) is 16.1 Å². The van der Waals surface area contributed by atoms with Gasteiger partial charge in [0.15, 0.2) is 6.61 Å². The first-order valence-electron chi connectivity index (χ1n) is 9.61. The molecule has 0 spiro atoms. The smallest absolute Gasteiger partial charge is 0.261 e. The van der Waals surface area contributed by atoms with Crippen LogP contribution in [0.2, 0.25) is 10.0 Å². The summed E-state index contributed by atoms with van der Waals surface area (Å²) in [5.74, 6) is 0.0972. The Labute approximate surface area is 181 Å². The van der Waals surface area contributed by atoms with Gasteiger partial charge in [0.1, 0.15) is 11.8 Å². The van der Waals surface area contributed by atoms with Gasteiger partial charge in [-0.25, -0.2) is 0 Å². The van der Waals surface area contributed by atoms with E-state index >= 15 is 0 Å². The van der Waals surface area contributed by atoms with Crippen LogP contribution in [0.4, 0.5) is 0 Å². The number of nitrogens with one attached hydrogen (secondary N) is 1. The Kier molecular flexibility index (Phi) is 9.29. The van der Waals surface area contributed by atoms with Crippen molar-refractivity contribution >= 4 is 35.0 Å². The molecule has 7 heteroatoms. The van der Waals surface area contributed by atoms with Crippen LogP contribution in [0.25, 0.3) is 0 Å². The summed E-state index contributed by atoms with van der Waals surface area (Å²) in [5.41, 5.74) is 0.778. The summed E-state index contributed by atoms with van der Waals surface area (Å²) in [7, 11) is 0. The molecule has 0 aliphatic heterocycles. The number of para-hydroxylation sites is 1. The minimum Gasteiger partial charge on any atom is -0.484 e. The predicted molar refractivity (Wildman–Crippen MR) is 116 cm³/mol. The van der Waals surface area contributed by atoms with Crippen molar-refractivity contribution in [3.05, 3.63) is 64.1 Å². The van der Waals surface area contributed by atoms with E-state index in [4.69, 9.17) is 27.9 Å². The quantitative estimate of drug-likeness (QED) is 0.548. The number of hydrogen-bond acceptors (Lipinski definition) is 3. The minimum absolute atomic E-state index is 0.169. The van der Waals surface area contributed by atoms with Gasteiger partial charge in [0.05, 0.1) is 10.0 Å². The van der Waals surface area contributed by atoms with Gasteiger partial charge in [-0.1, -0.05) is 60.8 Å². The third kappa shape index (κ3) is 7.26. The Morgan fingerprint density at radius 1 is 1.10 bits per heavy atom. The Morgan fingerprint density at radius 3 is 2.48 bits per heavy atom. The Balaban J connectivity index is 2.13. The summed E-state index contributed by atoms with van der Waals surface area (Å²) < 4.78 is 5.59. The molecule has 29 heavy (non-hydrogen) atoms. The highest BCUT2D eigenvalue weighted by Gasteiger charge is 2.26. The highest BCUT2D eigenvalue weighted by atomic mass is 35.5. The van der Waals surface area contributed by atoms with E-state index in [-0.39, 0.29) is 25.0 Å². The van der Waals surface area contributed by atoms with Crippen molar-refractivity contribution in [3.8, 4) is 5.75 Å². The average molecular weight is 437 g/mol. The maximum Gasteiger partial charge on any atom is 0.261 e. The van der Waals surface area contributed by atoms with Crippen molar-refractivity contribution in [2.24, 2.45) is 0 Å². The lowest BCUT2D eigenvalue weighted by atomic mass is 10.1. The SMILES string of the molecule is CCCCNC(=O)[C@H](C)N(Cc1ccc(Cl)c(Cl)c1)C(=O)COc1ccccc1. The predicted octanol–water partition coefficient (Wildman–Crippen LogP) is 4.71. The van der Waals surface area contributed by atoms with Crippen molar-refractivity contribution in [1.82, 2.24) is 10.2 Å². The Morgan fingerprint density at radius 2 is 1.83 bits per heavy atom. The molecule has 5 nitrogen and oxygen atoms in total. The molecular weight excluding hydrogens is 411 g/mol. The lowest BCUT2D eigenvalue weighted by molar-refractivity contribution is -0.142. The van der Waals surface area contributed by atoms with E-state index in [2.05, 4.69) is 12.2 Å². The van der Waals surface area contributed by atoms with Gasteiger partial charge in [-0.15, -0.1) is 0 Å². The molecule has 0 radical (unpaired) electrons. The molecule has 0 fully saturated rings. The normalized spacial score (nSPS) is 11.6. The summed E-state index contributed by atoms with van der Waals surface area (Å²) in [5, 5.41) is 3.71. The van der Waals surface area contributed by atoms with Crippen LogP contribution in [0.1, 0.15) is 32.3 Å². The van der Waals surface area contributed by atoms with E-state index in [1.165, 1.54) is 4.90 Å². The lowest BCUT2D eigenvalue weighted by Gasteiger charge is -2.29. The zero-order chi connectivity index (χ0) is 21.2. The number of nitrogens with zero attached hydrogens (tertiary/aromatic N) is 1. The van der Waals surface area contributed by atoms with Crippen LogP contribution in [0.15, 0.2) is 48.5 Å². The molecule has 0 saturated carbocycles. The van der Waals surface area contributed by atoms with Gasteiger partial charge < -0.3 is 15.0 Å². The second-order valence-electron chi connectivity index (χ2n) is 6.69. The van der Waals surface area contributed by atoms with Gasteiger partial charge in [0.25, 0.3) is 5.91 Å². The third-order valence-electron chi connectivity index (χ3n) is 4.44. The summed E-state index contributed by atoms with van der Waals surface area (Å²) in [6, 6.07) is 13.6. The zero-order valence-corrected chi connectivity index (χ0v) is 18.2. The van der Waals surface area contributed by atoms with Gasteiger partial charge in [-0.2, -0.15) is 0 Å². The second kappa shape index (κ2) is 11.7. The van der Waals surface area contributed by atoms with Crippen molar-refractivity contribution in [2.75, 3.05) is 13.2 Å². The van der Waals surface area contributed by atoms with E-state index in [0.717, 1.165) is 18.4 Å². The fraction of sp³-hybridized carbons (Fsp3) is 0.364. The molecule has 2 aromatic carbocycles. The molecule has 2 aromatic rings. The molecule has 0 aliphatic rings. The van der Waals surface area contributed by atoms with Crippen LogP contribution >= 0.6 is 23.2 Å². The van der Waals surface area contributed by atoms with E-state index < -0.39 is 6.04 Å². The van der Waals surface area contributed by atoms with Gasteiger partial charge in [-0.3, -0.25) is 9.59 Å². The lowest BCUT2D eigenvalue weighted by Crippen LogP contribution is -2.49. The van der Waals surface area contributed by atoms with Crippen LogP contribution in [0, 0.1) is 0 Å². The molecule has 2 amide bonds. The van der Waals surface area contributed by atoms with E-state index in [9.17, 15) is 9.59 Å². The highest BCUT2D eigenvalue weighted by Crippen LogP contribution is 2.24. The number of amides is 2. The number of hydrogen-bond donors (Lipinski definition) is 1. The average Bonchev–Trinajstić information content (AvgIpc) is 2.73. The van der Waals surface area contributed by atoms with Gasteiger partial charge in [-0.05, 0) is 43.2 Å². The summed E-state index contributed by atoms with van der Waals surface area (Å²) in [6.45, 7) is 4.39. The summed E-state index contributed by atoms with van der Waals surface area (Å²) in [4.78, 5) is 27.0. The number of carbonyl (C=O) groups is 2. The van der Waals surface area contributed by atoms with Crippen molar-refractivity contribution in [2.45, 2.75) is 39.3 Å². The molecule has 156 valence electrons. The number of benzene rings is 2. The largest absolute Gasteiger partial charge is 0.484 e. The van der Waals surface area contributed by atoms with Crippen molar-refractivity contribution in [3.63, 3.8) is 0 Å². The number of halogens is 2. The van der Waals surface area contributed by atoms with Gasteiger partial charge in [0.2, 0.25) is 5.91 Å². The van der Waals surface area contributed by atoms with E-state index in [1.807, 2.05) is 18.2 Å². The fourth-order valence-electron chi connectivity index (χ4n) is 2.70. The highest BCUT2D eigenvalue weighted by molar-refractivity contribution is 6.42. The molecule has 0 unspecified atom stereocenters. The van der Waals surface area contributed by atoms with Crippen LogP contribution in [-0.4, -0.2) is 35.9 Å². The van der Waals surface area contributed by atoms with E-state index in [0.29, 0.717) is 22.3 Å². The molecule has 1 N–H and O–H groups in total. The molecule has 0 heterocycles. The van der Waals surface area contributed by atoms with Gasteiger partial charge >= 0.3 is 0 Å². The monoisotopic (exact) mass is 436 g/mol. The maximum atomic E-state index is 12.9. The molecule has 0 aromatic heterocycles. The summed E-state index contributed by atoms with van der Waals surface area (Å²) >= 11 is 12.1. The molecule has 1 atom stereocenters. The number of carbonyl (C=O) groups excluding carboxylic acids is 2. The first-order chi connectivity index (χ1) is 13.9. The van der Waals surface area contributed by atoms with Crippen LogP contribution in [0.5, 0.6) is 5.75 Å². The minimum atomic E-state index is -0.659. The first kappa shape index (κ1) is 23.0. The van der Waals surface area contributed by atoms with E-state index in [1.54, 1.807) is 37.3 Å². The third-order valence-corrected chi connectivity index (χ3v) is 5.18. The molecule has 0 aliphatic carbocycles. The second-order valence-corrected chi connectivity index (χ2v) is 7.51. The molecule has 0 saturated heterocycles. The van der Waals surface area contributed by atoms with Crippen LogP contribution in [0.3, 0.4) is 0 Å². The van der Waals surface area contributed by atoms with Crippen molar-refractivity contribution < 1.29 is 14.3 Å². The number of rotatable bonds is 10. The maximum absolute atomic E-state index is 12.9. The van der Waals surface area contributed by atoms with Gasteiger partial charge in [0, 0.05) is 13.1 Å². The fourth-order valence-corrected chi connectivity index (χ4v) is 3.02. The van der Waals surface area contributed by atoms with Crippen molar-refractivity contribution in [1.29, 1.82) is 0 Å². The standard InChI is InChI=1S/C22H26Cl2N2O3/c1-3-4-12-25-22(28)16(2)26(14-17-10-11-19(23)20(24)13-17)21(27)15-29-18-8-6-5-7-9-18/h5-11,13,16H,3-4,12,14-15H2,1-2H3,(H,25,28)/t16-/m0/s1. The van der Waals surface area contributed by atoms with Crippen LogP contribution < -0.4 is 10.1 Å². The molecular formula is C22H26Cl2N2O3. The number of unbranched alkanes of at least 4 members (excludes halogenated alkanes) is 1. The summed E-state index contributed by atoms with van der Waals surface area (Å²) in [6.07, 6.45) is 1.86. The number of ether oxygens (including phenoxy) is 1. The Hall–Kier alpha value is -2.24. The first-order valence-corrected chi connectivity index (χ1v) is 10.4. The zero-order valence-electron chi connectivity index (χ0n) is 16.7. The topological polar surface area (TPSA) is 58.6 Å². The molecule has 0 bridgehead atoms. The molecule has 2 rings (SSSR count).